The van der Waals surface area contributed by atoms with Gasteiger partial charge in [0.1, 0.15) is 4.90 Å². The number of hydrogen-bond donors (Lipinski definition) is 3. The molecule has 0 saturated carbocycles. The van der Waals surface area contributed by atoms with Gasteiger partial charge in [0.2, 0.25) is 10.0 Å². The molecular formula is C9H14N4O4S. The average molecular weight is 274 g/mol. The summed E-state index contributed by atoms with van der Waals surface area (Å²) in [7, 11) is -3.99. The number of aromatic amines is 1. The van der Waals surface area contributed by atoms with Crippen LogP contribution in [0.25, 0.3) is 0 Å². The van der Waals surface area contributed by atoms with E-state index in [1.54, 1.807) is 0 Å². The third-order valence-corrected chi connectivity index (χ3v) is 3.72. The molecule has 0 radical (unpaired) electrons. The van der Waals surface area contributed by atoms with Crippen molar-refractivity contribution in [2.24, 2.45) is 5.14 Å². The number of nitrogens with one attached hydrogen (secondary N) is 2. The third-order valence-electron chi connectivity index (χ3n) is 2.66. The summed E-state index contributed by atoms with van der Waals surface area (Å²) < 4.78 is 27.9. The van der Waals surface area contributed by atoms with E-state index in [-0.39, 0.29) is 22.3 Å². The Kier molecular flexibility index (Phi) is 3.37. The third kappa shape index (κ3) is 2.52. The van der Waals surface area contributed by atoms with Crippen molar-refractivity contribution in [3.8, 4) is 0 Å². The molecule has 18 heavy (non-hydrogen) atoms. The first-order valence-corrected chi connectivity index (χ1v) is 6.90. The highest BCUT2D eigenvalue weighted by molar-refractivity contribution is 7.89. The summed E-state index contributed by atoms with van der Waals surface area (Å²) in [5.74, 6) is -0.570. The molecular weight excluding hydrogens is 260 g/mol. The first kappa shape index (κ1) is 13.0. The van der Waals surface area contributed by atoms with E-state index in [1.807, 2.05) is 0 Å². The molecule has 100 valence electrons. The summed E-state index contributed by atoms with van der Waals surface area (Å²) >= 11 is 0. The zero-order valence-electron chi connectivity index (χ0n) is 9.76. The number of H-pyrrole nitrogens is 1. The van der Waals surface area contributed by atoms with E-state index in [1.165, 1.54) is 6.92 Å². The summed E-state index contributed by atoms with van der Waals surface area (Å²) in [6.45, 7) is 2.48. The molecule has 1 unspecified atom stereocenters. The number of nitrogens with zero attached hydrogens (tertiary/aromatic N) is 1. The Morgan fingerprint density at radius 3 is 2.89 bits per heavy atom. The van der Waals surface area contributed by atoms with Crippen molar-refractivity contribution in [2.75, 3.05) is 13.2 Å². The maximum atomic E-state index is 11.9. The summed E-state index contributed by atoms with van der Waals surface area (Å²) in [4.78, 5) is 11.6. The van der Waals surface area contributed by atoms with E-state index < -0.39 is 15.9 Å². The number of sulfonamides is 1. The van der Waals surface area contributed by atoms with E-state index >= 15 is 0 Å². The molecule has 1 fully saturated rings. The van der Waals surface area contributed by atoms with Gasteiger partial charge >= 0.3 is 0 Å². The van der Waals surface area contributed by atoms with Crippen LogP contribution in [0.2, 0.25) is 0 Å². The molecule has 8 nitrogen and oxygen atoms in total. The topological polar surface area (TPSA) is 127 Å². The molecule has 0 aliphatic carbocycles. The van der Waals surface area contributed by atoms with Crippen LogP contribution in [0.15, 0.2) is 4.90 Å². The molecule has 1 aromatic rings. The van der Waals surface area contributed by atoms with Crippen molar-refractivity contribution in [1.29, 1.82) is 0 Å². The first-order chi connectivity index (χ1) is 8.39. The zero-order valence-corrected chi connectivity index (χ0v) is 10.6. The predicted octanol–water partition coefficient (Wildman–Crippen LogP) is -1.12. The van der Waals surface area contributed by atoms with Crippen molar-refractivity contribution >= 4 is 15.9 Å². The van der Waals surface area contributed by atoms with Gasteiger partial charge in [-0.3, -0.25) is 9.89 Å². The van der Waals surface area contributed by atoms with E-state index in [2.05, 4.69) is 15.5 Å². The Morgan fingerprint density at radius 2 is 2.33 bits per heavy atom. The molecule has 4 N–H and O–H groups in total. The minimum absolute atomic E-state index is 0.122. The summed E-state index contributed by atoms with van der Waals surface area (Å²) in [6, 6.07) is -0.122. The molecule has 1 aliphatic heterocycles. The Morgan fingerprint density at radius 1 is 1.61 bits per heavy atom. The molecule has 1 saturated heterocycles. The van der Waals surface area contributed by atoms with Gasteiger partial charge in [0.15, 0.2) is 5.69 Å². The monoisotopic (exact) mass is 274 g/mol. The highest BCUT2D eigenvalue weighted by Crippen LogP contribution is 2.16. The molecule has 2 heterocycles. The smallest absolute Gasteiger partial charge is 0.273 e. The van der Waals surface area contributed by atoms with Crippen LogP contribution in [0.1, 0.15) is 22.6 Å². The maximum Gasteiger partial charge on any atom is 0.273 e. The second-order valence-electron chi connectivity index (χ2n) is 4.11. The van der Waals surface area contributed by atoms with Crippen LogP contribution in [-0.4, -0.2) is 43.8 Å². The van der Waals surface area contributed by atoms with Crippen molar-refractivity contribution in [3.05, 3.63) is 11.4 Å². The largest absolute Gasteiger partial charge is 0.379 e. The van der Waals surface area contributed by atoms with Crippen molar-refractivity contribution < 1.29 is 17.9 Å². The molecule has 1 amide bonds. The molecule has 1 aliphatic rings. The van der Waals surface area contributed by atoms with Gasteiger partial charge in [-0.25, -0.2) is 13.6 Å². The van der Waals surface area contributed by atoms with Gasteiger partial charge < -0.3 is 10.1 Å². The second kappa shape index (κ2) is 4.67. The normalized spacial score (nSPS) is 20.0. The maximum absolute atomic E-state index is 11.9. The van der Waals surface area contributed by atoms with E-state index in [0.717, 1.165) is 0 Å². The minimum Gasteiger partial charge on any atom is -0.379 e. The highest BCUT2D eigenvalue weighted by Gasteiger charge is 2.27. The average Bonchev–Trinajstić information content (AvgIpc) is 2.85. The Hall–Kier alpha value is -1.45. The van der Waals surface area contributed by atoms with Gasteiger partial charge in [0.05, 0.1) is 18.3 Å². The SMILES string of the molecule is Cc1[nH]nc(C(=O)NC2CCOC2)c1S(N)(=O)=O. The lowest BCUT2D eigenvalue weighted by atomic mass is 10.2. The number of carbonyl (C=O) groups excluding carboxylic acids is 1. The van der Waals surface area contributed by atoms with Crippen LogP contribution >= 0.6 is 0 Å². The van der Waals surface area contributed by atoms with Crippen molar-refractivity contribution in [2.45, 2.75) is 24.3 Å². The van der Waals surface area contributed by atoms with Crippen LogP contribution < -0.4 is 10.5 Å². The zero-order chi connectivity index (χ0) is 13.3. The van der Waals surface area contributed by atoms with Crippen molar-refractivity contribution in [1.82, 2.24) is 15.5 Å². The van der Waals surface area contributed by atoms with Crippen molar-refractivity contribution in [3.63, 3.8) is 0 Å². The van der Waals surface area contributed by atoms with Crippen LogP contribution in [0.4, 0.5) is 0 Å². The summed E-state index contributed by atoms with van der Waals surface area (Å²) in [5, 5.41) is 13.8. The predicted molar refractivity (Wildman–Crippen MR) is 61.4 cm³/mol. The van der Waals surface area contributed by atoms with Crippen LogP contribution in [0, 0.1) is 6.92 Å². The molecule has 2 rings (SSSR count). The second-order valence-corrected chi connectivity index (χ2v) is 5.60. The highest BCUT2D eigenvalue weighted by atomic mass is 32.2. The van der Waals surface area contributed by atoms with Gasteiger partial charge in [0, 0.05) is 6.61 Å². The number of ether oxygens (including phenoxy) is 1. The van der Waals surface area contributed by atoms with Gasteiger partial charge in [0.25, 0.3) is 5.91 Å². The van der Waals surface area contributed by atoms with E-state index in [4.69, 9.17) is 9.88 Å². The Labute approximate surface area is 104 Å². The lowest BCUT2D eigenvalue weighted by molar-refractivity contribution is 0.0921. The standard InChI is InChI=1S/C9H14N4O4S/c1-5-8(18(10,15)16)7(13-12-5)9(14)11-6-2-3-17-4-6/h6H,2-4H2,1H3,(H,11,14)(H,12,13)(H2,10,15,16). The van der Waals surface area contributed by atoms with E-state index in [0.29, 0.717) is 19.6 Å². The van der Waals surface area contributed by atoms with Crippen LogP contribution in [-0.2, 0) is 14.8 Å². The quantitative estimate of drug-likeness (QED) is 0.643. The Balaban J connectivity index is 2.25. The van der Waals surface area contributed by atoms with Crippen LogP contribution in [0.3, 0.4) is 0 Å². The van der Waals surface area contributed by atoms with Gasteiger partial charge in [-0.15, -0.1) is 0 Å². The fourth-order valence-corrected chi connectivity index (χ4v) is 2.70. The minimum atomic E-state index is -3.99. The molecule has 1 aromatic heterocycles. The number of rotatable bonds is 3. The van der Waals surface area contributed by atoms with E-state index in [9.17, 15) is 13.2 Å². The summed E-state index contributed by atoms with van der Waals surface area (Å²) in [6.07, 6.45) is 0.694. The number of nitrogens with two attached hydrogens (primary N) is 1. The molecule has 0 aromatic carbocycles. The molecule has 0 bridgehead atoms. The number of carbonyl (C=O) groups is 1. The van der Waals surface area contributed by atoms with Gasteiger partial charge in [-0.1, -0.05) is 0 Å². The number of amides is 1. The van der Waals surface area contributed by atoms with Gasteiger partial charge in [-0.05, 0) is 13.3 Å². The first-order valence-electron chi connectivity index (χ1n) is 5.36. The van der Waals surface area contributed by atoms with Gasteiger partial charge in [-0.2, -0.15) is 5.10 Å². The Bertz CT molecular complexity index is 559. The fourth-order valence-electron chi connectivity index (χ4n) is 1.82. The lowest BCUT2D eigenvalue weighted by Gasteiger charge is -2.09. The number of primary sulfonamides is 1. The fraction of sp³-hybridized carbons (Fsp3) is 0.556. The number of aryl methyl sites for hydroxylation is 1. The molecule has 1 atom stereocenters. The molecule has 9 heteroatoms. The number of hydrogen-bond acceptors (Lipinski definition) is 5. The molecule has 0 spiro atoms. The summed E-state index contributed by atoms with van der Waals surface area (Å²) in [5.41, 5.74) is 0.0345. The number of aromatic nitrogens is 2. The lowest BCUT2D eigenvalue weighted by Crippen LogP contribution is -2.36. The van der Waals surface area contributed by atoms with Crippen LogP contribution in [0.5, 0.6) is 0 Å².